The number of para-hydroxylation sites is 1. The third-order valence-electron chi connectivity index (χ3n) is 4.96. The molecule has 0 spiro atoms. The predicted octanol–water partition coefficient (Wildman–Crippen LogP) is 2.66. The Labute approximate surface area is 159 Å². The average Bonchev–Trinajstić information content (AvgIpc) is 3.33. The predicted molar refractivity (Wildman–Crippen MR) is 104 cm³/mol. The summed E-state index contributed by atoms with van der Waals surface area (Å²) in [5.41, 5.74) is 1.84. The van der Waals surface area contributed by atoms with Crippen molar-refractivity contribution in [2.45, 2.75) is 18.6 Å². The van der Waals surface area contributed by atoms with Crippen LogP contribution in [0.3, 0.4) is 0 Å². The molecule has 4 rings (SSSR count). The average molecular weight is 382 g/mol. The Morgan fingerprint density at radius 2 is 1.70 bits per heavy atom. The van der Waals surface area contributed by atoms with E-state index in [1.165, 1.54) is 0 Å². The maximum atomic E-state index is 12.7. The lowest BCUT2D eigenvalue weighted by Crippen LogP contribution is -2.30. The van der Waals surface area contributed by atoms with Gasteiger partial charge in [0.15, 0.2) is 0 Å². The standard InChI is InChI=1S/C20H22N4O2S/c25-27(26,15-17-7-3-1-4-8-17)23-12-11-18(14-23)13-20-22-21-16-24(20)19-9-5-2-6-10-19/h1-10,16,18H,11-15H2. The van der Waals surface area contributed by atoms with Gasteiger partial charge in [0.1, 0.15) is 12.2 Å². The number of hydrogen-bond acceptors (Lipinski definition) is 4. The van der Waals surface area contributed by atoms with E-state index in [1.807, 2.05) is 65.2 Å². The van der Waals surface area contributed by atoms with Crippen LogP contribution in [0.25, 0.3) is 5.69 Å². The van der Waals surface area contributed by atoms with E-state index in [0.717, 1.165) is 23.5 Å². The number of benzene rings is 2. The van der Waals surface area contributed by atoms with Gasteiger partial charge in [0, 0.05) is 25.2 Å². The van der Waals surface area contributed by atoms with Gasteiger partial charge >= 0.3 is 0 Å². The van der Waals surface area contributed by atoms with Crippen molar-refractivity contribution in [2.75, 3.05) is 13.1 Å². The van der Waals surface area contributed by atoms with Crippen LogP contribution in [0.4, 0.5) is 0 Å². The second-order valence-electron chi connectivity index (χ2n) is 6.91. The Balaban J connectivity index is 1.43. The molecule has 0 saturated carbocycles. The fraction of sp³-hybridized carbons (Fsp3) is 0.300. The fourth-order valence-electron chi connectivity index (χ4n) is 3.55. The van der Waals surface area contributed by atoms with Crippen LogP contribution in [0.15, 0.2) is 67.0 Å². The summed E-state index contributed by atoms with van der Waals surface area (Å²) in [5.74, 6) is 1.18. The van der Waals surface area contributed by atoms with Crippen LogP contribution < -0.4 is 0 Å². The molecule has 3 aromatic rings. The van der Waals surface area contributed by atoms with E-state index in [4.69, 9.17) is 0 Å². The molecule has 1 aromatic heterocycles. The maximum absolute atomic E-state index is 12.7. The first-order chi connectivity index (χ1) is 13.1. The zero-order valence-corrected chi connectivity index (χ0v) is 15.8. The summed E-state index contributed by atoms with van der Waals surface area (Å²) in [4.78, 5) is 0. The van der Waals surface area contributed by atoms with Crippen LogP contribution in [0, 0.1) is 5.92 Å². The molecule has 7 heteroatoms. The van der Waals surface area contributed by atoms with Crippen molar-refractivity contribution in [3.05, 3.63) is 78.4 Å². The smallest absolute Gasteiger partial charge is 0.218 e. The Morgan fingerprint density at radius 3 is 2.44 bits per heavy atom. The monoisotopic (exact) mass is 382 g/mol. The van der Waals surface area contributed by atoms with Gasteiger partial charge in [-0.15, -0.1) is 10.2 Å². The third kappa shape index (κ3) is 4.09. The molecule has 0 radical (unpaired) electrons. The fourth-order valence-corrected chi connectivity index (χ4v) is 5.17. The molecule has 0 N–H and O–H groups in total. The number of rotatable bonds is 6. The van der Waals surface area contributed by atoms with E-state index in [1.54, 1.807) is 10.6 Å². The minimum absolute atomic E-state index is 0.0563. The largest absolute Gasteiger partial charge is 0.286 e. The second-order valence-corrected chi connectivity index (χ2v) is 8.88. The molecule has 6 nitrogen and oxygen atoms in total. The highest BCUT2D eigenvalue weighted by Gasteiger charge is 2.32. The van der Waals surface area contributed by atoms with Gasteiger partial charge in [-0.2, -0.15) is 0 Å². The van der Waals surface area contributed by atoms with Gasteiger partial charge in [0.2, 0.25) is 10.0 Å². The van der Waals surface area contributed by atoms with Crippen molar-refractivity contribution in [3.8, 4) is 5.69 Å². The molecule has 0 bridgehead atoms. The third-order valence-corrected chi connectivity index (χ3v) is 6.77. The molecular weight excluding hydrogens is 360 g/mol. The van der Waals surface area contributed by atoms with E-state index >= 15 is 0 Å². The first-order valence-electron chi connectivity index (χ1n) is 9.08. The van der Waals surface area contributed by atoms with Gasteiger partial charge in [-0.1, -0.05) is 48.5 Å². The second kappa shape index (κ2) is 7.62. The quantitative estimate of drug-likeness (QED) is 0.657. The molecule has 1 aliphatic rings. The van der Waals surface area contributed by atoms with E-state index in [9.17, 15) is 8.42 Å². The Hall–Kier alpha value is -2.51. The first-order valence-corrected chi connectivity index (χ1v) is 10.7. The van der Waals surface area contributed by atoms with Crippen LogP contribution in [-0.4, -0.2) is 40.6 Å². The zero-order valence-electron chi connectivity index (χ0n) is 15.0. The lowest BCUT2D eigenvalue weighted by molar-refractivity contribution is 0.451. The summed E-state index contributed by atoms with van der Waals surface area (Å²) in [6, 6.07) is 19.3. The molecule has 140 valence electrons. The van der Waals surface area contributed by atoms with Gasteiger partial charge in [0.05, 0.1) is 5.75 Å². The molecule has 0 amide bonds. The minimum Gasteiger partial charge on any atom is -0.286 e. The number of nitrogens with zero attached hydrogens (tertiary/aromatic N) is 4. The van der Waals surface area contributed by atoms with Crippen LogP contribution in [0.5, 0.6) is 0 Å². The molecule has 1 atom stereocenters. The van der Waals surface area contributed by atoms with Crippen LogP contribution >= 0.6 is 0 Å². The molecule has 1 fully saturated rings. The van der Waals surface area contributed by atoms with Gasteiger partial charge in [-0.05, 0) is 30.0 Å². The van der Waals surface area contributed by atoms with E-state index in [2.05, 4.69) is 10.2 Å². The van der Waals surface area contributed by atoms with Gasteiger partial charge in [-0.25, -0.2) is 12.7 Å². The van der Waals surface area contributed by atoms with E-state index in [-0.39, 0.29) is 11.7 Å². The number of aromatic nitrogens is 3. The summed E-state index contributed by atoms with van der Waals surface area (Å²) in [5, 5.41) is 8.30. The van der Waals surface area contributed by atoms with Crippen molar-refractivity contribution >= 4 is 10.0 Å². The highest BCUT2D eigenvalue weighted by atomic mass is 32.2. The van der Waals surface area contributed by atoms with Gasteiger partial charge in [0.25, 0.3) is 0 Å². The van der Waals surface area contributed by atoms with E-state index in [0.29, 0.717) is 19.5 Å². The first kappa shape index (κ1) is 17.9. The Bertz CT molecular complexity index is 987. The molecule has 27 heavy (non-hydrogen) atoms. The molecule has 0 aliphatic carbocycles. The summed E-state index contributed by atoms with van der Waals surface area (Å²) >= 11 is 0. The Kier molecular flexibility index (Phi) is 5.05. The minimum atomic E-state index is -3.30. The summed E-state index contributed by atoms with van der Waals surface area (Å²) in [6.45, 7) is 1.11. The topological polar surface area (TPSA) is 68.1 Å². The van der Waals surface area contributed by atoms with Gasteiger partial charge < -0.3 is 0 Å². The maximum Gasteiger partial charge on any atom is 0.218 e. The lowest BCUT2D eigenvalue weighted by atomic mass is 10.0. The SMILES string of the molecule is O=S(=O)(Cc1ccccc1)N1CCC(Cc2nncn2-c2ccccc2)C1. The number of sulfonamides is 1. The van der Waals surface area contributed by atoms with Crippen molar-refractivity contribution < 1.29 is 8.42 Å². The molecule has 1 aliphatic heterocycles. The molecule has 1 saturated heterocycles. The Morgan fingerprint density at radius 1 is 1.00 bits per heavy atom. The molecular formula is C20H22N4O2S. The molecule has 1 unspecified atom stereocenters. The highest BCUT2D eigenvalue weighted by molar-refractivity contribution is 7.88. The van der Waals surface area contributed by atoms with Crippen LogP contribution in [0.1, 0.15) is 17.8 Å². The molecule has 2 aromatic carbocycles. The zero-order chi connectivity index (χ0) is 18.7. The van der Waals surface area contributed by atoms with Crippen molar-refractivity contribution in [2.24, 2.45) is 5.92 Å². The van der Waals surface area contributed by atoms with Crippen molar-refractivity contribution in [3.63, 3.8) is 0 Å². The molecule has 2 heterocycles. The van der Waals surface area contributed by atoms with Crippen LogP contribution in [0.2, 0.25) is 0 Å². The summed E-state index contributed by atoms with van der Waals surface area (Å²) in [7, 11) is -3.30. The lowest BCUT2D eigenvalue weighted by Gasteiger charge is -2.17. The van der Waals surface area contributed by atoms with Crippen molar-refractivity contribution in [1.29, 1.82) is 0 Å². The summed E-state index contributed by atoms with van der Waals surface area (Å²) in [6.07, 6.45) is 3.27. The summed E-state index contributed by atoms with van der Waals surface area (Å²) < 4.78 is 29.1. The highest BCUT2D eigenvalue weighted by Crippen LogP contribution is 2.25. The van der Waals surface area contributed by atoms with Crippen molar-refractivity contribution in [1.82, 2.24) is 19.1 Å². The number of hydrogen-bond donors (Lipinski definition) is 0. The van der Waals surface area contributed by atoms with E-state index < -0.39 is 10.0 Å². The van der Waals surface area contributed by atoms with Gasteiger partial charge in [-0.3, -0.25) is 4.57 Å². The van der Waals surface area contributed by atoms with Crippen LogP contribution in [-0.2, 0) is 22.2 Å². The normalized spacial score (nSPS) is 18.0.